The molecule has 1 aromatic heterocycles. The van der Waals surface area contributed by atoms with Gasteiger partial charge in [-0.15, -0.1) is 0 Å². The molecule has 8 heteroatoms. The lowest BCUT2D eigenvalue weighted by Gasteiger charge is -2.28. The van der Waals surface area contributed by atoms with Crippen molar-refractivity contribution < 1.29 is 14.7 Å². The van der Waals surface area contributed by atoms with E-state index in [2.05, 4.69) is 15.3 Å². The van der Waals surface area contributed by atoms with E-state index in [-0.39, 0.29) is 24.3 Å². The topological polar surface area (TPSA) is 95.4 Å². The number of carboxylic acids is 1. The van der Waals surface area contributed by atoms with E-state index in [0.29, 0.717) is 17.2 Å². The van der Waals surface area contributed by atoms with Gasteiger partial charge in [-0.1, -0.05) is 0 Å². The van der Waals surface area contributed by atoms with Gasteiger partial charge in [0.05, 0.1) is 12.2 Å². The number of aliphatic carboxylic acids is 1. The highest BCUT2D eigenvalue weighted by atomic mass is 35.5. The van der Waals surface area contributed by atoms with Gasteiger partial charge in [0.2, 0.25) is 11.2 Å². The quantitative estimate of drug-likeness (QED) is 0.738. The van der Waals surface area contributed by atoms with Crippen LogP contribution in [0.1, 0.15) is 5.69 Å². The SMILES string of the molecule is Cc1nc(Cl)nc2c1NC(=O)CN2CC(=O)O. The molecule has 0 bridgehead atoms. The predicted octanol–water partition coefficient (Wildman–Crippen LogP) is 0.282. The molecular weight excluding hydrogens is 248 g/mol. The van der Waals surface area contributed by atoms with Crippen LogP contribution >= 0.6 is 11.6 Å². The van der Waals surface area contributed by atoms with Crippen LogP contribution in [-0.4, -0.2) is 40.0 Å². The standard InChI is InChI=1S/C9H9ClN4O3/c1-4-7-8(13-9(10)11-4)14(3-6(16)17)2-5(15)12-7/h2-3H2,1H3,(H,12,15)(H,16,17). The molecule has 1 aromatic rings. The first-order valence-corrected chi connectivity index (χ1v) is 5.16. The van der Waals surface area contributed by atoms with Gasteiger partial charge < -0.3 is 15.3 Å². The lowest BCUT2D eigenvalue weighted by Crippen LogP contribution is -2.42. The minimum atomic E-state index is -1.04. The molecule has 0 atom stereocenters. The molecule has 2 heterocycles. The first-order valence-electron chi connectivity index (χ1n) is 4.78. The lowest BCUT2D eigenvalue weighted by molar-refractivity contribution is -0.135. The smallest absolute Gasteiger partial charge is 0.323 e. The Morgan fingerprint density at radius 3 is 2.94 bits per heavy atom. The molecule has 0 aromatic carbocycles. The van der Waals surface area contributed by atoms with Crippen LogP contribution in [0.4, 0.5) is 11.5 Å². The van der Waals surface area contributed by atoms with E-state index in [1.807, 2.05) is 0 Å². The van der Waals surface area contributed by atoms with Crippen molar-refractivity contribution in [1.82, 2.24) is 9.97 Å². The van der Waals surface area contributed by atoms with Gasteiger partial charge in [-0.25, -0.2) is 4.98 Å². The Labute approximate surface area is 101 Å². The lowest BCUT2D eigenvalue weighted by atomic mass is 10.2. The Morgan fingerprint density at radius 2 is 2.29 bits per heavy atom. The van der Waals surface area contributed by atoms with Gasteiger partial charge in [0.15, 0.2) is 5.82 Å². The van der Waals surface area contributed by atoms with Crippen LogP contribution < -0.4 is 10.2 Å². The summed E-state index contributed by atoms with van der Waals surface area (Å²) in [6, 6.07) is 0. The Bertz CT molecular complexity index is 505. The maximum absolute atomic E-state index is 11.4. The van der Waals surface area contributed by atoms with Crippen LogP contribution in [0.3, 0.4) is 0 Å². The molecule has 2 N–H and O–H groups in total. The minimum Gasteiger partial charge on any atom is -0.480 e. The van der Waals surface area contributed by atoms with Crippen molar-refractivity contribution in [3.63, 3.8) is 0 Å². The predicted molar refractivity (Wildman–Crippen MR) is 60.3 cm³/mol. The number of fused-ring (bicyclic) bond motifs is 1. The average molecular weight is 257 g/mol. The molecule has 0 aliphatic carbocycles. The summed E-state index contributed by atoms with van der Waals surface area (Å²) in [6.07, 6.45) is 0. The number of nitrogens with one attached hydrogen (secondary N) is 1. The van der Waals surface area contributed by atoms with Crippen molar-refractivity contribution in [1.29, 1.82) is 0 Å². The van der Waals surface area contributed by atoms with Gasteiger partial charge in [0.25, 0.3) is 0 Å². The number of anilines is 2. The van der Waals surface area contributed by atoms with E-state index in [0.717, 1.165) is 0 Å². The molecule has 2 rings (SSSR count). The number of carbonyl (C=O) groups is 2. The third kappa shape index (κ3) is 2.28. The largest absolute Gasteiger partial charge is 0.480 e. The zero-order valence-electron chi connectivity index (χ0n) is 8.90. The second kappa shape index (κ2) is 4.17. The molecule has 1 amide bonds. The number of rotatable bonds is 2. The number of hydrogen-bond acceptors (Lipinski definition) is 5. The maximum Gasteiger partial charge on any atom is 0.323 e. The third-order valence-electron chi connectivity index (χ3n) is 2.27. The van der Waals surface area contributed by atoms with Gasteiger partial charge in [0.1, 0.15) is 12.2 Å². The molecule has 0 saturated heterocycles. The number of hydrogen-bond donors (Lipinski definition) is 2. The fourth-order valence-electron chi connectivity index (χ4n) is 1.62. The second-order valence-corrected chi connectivity index (χ2v) is 3.91. The fraction of sp³-hybridized carbons (Fsp3) is 0.333. The van der Waals surface area contributed by atoms with Crippen molar-refractivity contribution in [2.45, 2.75) is 6.92 Å². The van der Waals surface area contributed by atoms with E-state index in [9.17, 15) is 9.59 Å². The van der Waals surface area contributed by atoms with E-state index in [1.165, 1.54) is 4.90 Å². The zero-order chi connectivity index (χ0) is 12.6. The minimum absolute atomic E-state index is 0.0211. The second-order valence-electron chi connectivity index (χ2n) is 3.57. The third-order valence-corrected chi connectivity index (χ3v) is 2.44. The molecule has 90 valence electrons. The molecule has 0 saturated carbocycles. The fourth-order valence-corrected chi connectivity index (χ4v) is 1.83. The highest BCUT2D eigenvalue weighted by Gasteiger charge is 2.27. The summed E-state index contributed by atoms with van der Waals surface area (Å²) in [4.78, 5) is 31.3. The van der Waals surface area contributed by atoms with Crippen LogP contribution in [0.15, 0.2) is 0 Å². The summed E-state index contributed by atoms with van der Waals surface area (Å²) in [6.45, 7) is 1.29. The first kappa shape index (κ1) is 11.6. The highest BCUT2D eigenvalue weighted by Crippen LogP contribution is 2.30. The van der Waals surface area contributed by atoms with Crippen LogP contribution in [0.5, 0.6) is 0 Å². The molecule has 0 fully saturated rings. The number of aryl methyl sites for hydroxylation is 1. The molecule has 1 aliphatic rings. The maximum atomic E-state index is 11.4. The van der Waals surface area contributed by atoms with Crippen LogP contribution in [-0.2, 0) is 9.59 Å². The summed E-state index contributed by atoms with van der Waals surface area (Å²) in [5, 5.41) is 11.4. The van der Waals surface area contributed by atoms with E-state index in [1.54, 1.807) is 6.92 Å². The number of amides is 1. The summed E-state index contributed by atoms with van der Waals surface area (Å²) >= 11 is 5.71. The first-order chi connectivity index (χ1) is 7.97. The van der Waals surface area contributed by atoms with Crippen molar-refractivity contribution in [2.75, 3.05) is 23.3 Å². The summed E-state index contributed by atoms with van der Waals surface area (Å²) < 4.78 is 0. The Hall–Kier alpha value is -1.89. The van der Waals surface area contributed by atoms with Gasteiger partial charge in [-0.2, -0.15) is 4.98 Å². The van der Waals surface area contributed by atoms with Gasteiger partial charge in [-0.05, 0) is 18.5 Å². The summed E-state index contributed by atoms with van der Waals surface area (Å²) in [5.74, 6) is -1.00. The molecule has 0 unspecified atom stereocenters. The Kier molecular flexibility index (Phi) is 2.84. The molecular formula is C9H9ClN4O3. The van der Waals surface area contributed by atoms with Crippen molar-refractivity contribution in [3.8, 4) is 0 Å². The number of carbonyl (C=O) groups excluding carboxylic acids is 1. The van der Waals surface area contributed by atoms with Crippen molar-refractivity contribution in [3.05, 3.63) is 11.0 Å². The normalized spacial score (nSPS) is 14.2. The van der Waals surface area contributed by atoms with E-state index >= 15 is 0 Å². The van der Waals surface area contributed by atoms with Crippen LogP contribution in [0.2, 0.25) is 5.28 Å². The van der Waals surface area contributed by atoms with Gasteiger partial charge >= 0.3 is 5.97 Å². The number of nitrogens with zero attached hydrogens (tertiary/aromatic N) is 3. The molecule has 0 radical (unpaired) electrons. The van der Waals surface area contributed by atoms with Crippen LogP contribution in [0, 0.1) is 6.92 Å². The molecule has 1 aliphatic heterocycles. The van der Waals surface area contributed by atoms with Gasteiger partial charge in [-0.3, -0.25) is 9.59 Å². The molecule has 0 spiro atoms. The number of aromatic nitrogens is 2. The van der Waals surface area contributed by atoms with Gasteiger partial charge in [0, 0.05) is 0 Å². The van der Waals surface area contributed by atoms with Crippen molar-refractivity contribution in [2.24, 2.45) is 0 Å². The number of carboxylic acid groups (broad SMARTS) is 1. The summed E-state index contributed by atoms with van der Waals surface area (Å²) in [7, 11) is 0. The summed E-state index contributed by atoms with van der Waals surface area (Å²) in [5.41, 5.74) is 0.912. The average Bonchev–Trinajstić information content (AvgIpc) is 2.19. The Balaban J connectivity index is 2.48. The molecule has 7 nitrogen and oxygen atoms in total. The Morgan fingerprint density at radius 1 is 1.59 bits per heavy atom. The van der Waals surface area contributed by atoms with Crippen LogP contribution in [0.25, 0.3) is 0 Å². The van der Waals surface area contributed by atoms with E-state index < -0.39 is 5.97 Å². The monoisotopic (exact) mass is 256 g/mol. The zero-order valence-corrected chi connectivity index (χ0v) is 9.65. The molecule has 17 heavy (non-hydrogen) atoms. The van der Waals surface area contributed by atoms with E-state index in [4.69, 9.17) is 16.7 Å². The highest BCUT2D eigenvalue weighted by molar-refractivity contribution is 6.28. The number of halogens is 1. The van der Waals surface area contributed by atoms with Crippen molar-refractivity contribution >= 4 is 35.0 Å².